The molecule has 0 unspecified atom stereocenters. The van der Waals surface area contributed by atoms with Gasteiger partial charge in [0.05, 0.1) is 22.2 Å². The smallest absolute Gasteiger partial charge is 0.336 e. The molecule has 0 aliphatic carbocycles. The summed E-state index contributed by atoms with van der Waals surface area (Å²) < 4.78 is 1.45. The predicted molar refractivity (Wildman–Crippen MR) is 90.7 cm³/mol. The zero-order chi connectivity index (χ0) is 16.6. The summed E-state index contributed by atoms with van der Waals surface area (Å²) in [5.74, 6) is -1.02. The fourth-order valence-electron chi connectivity index (χ4n) is 2.48. The number of pyridine rings is 1. The standard InChI is InChI=1S/C17H11Cl2NO3/c18-14-6-5-13-12(15(14)19)7-8-20(16(13)21)9-10-3-1-2-4-11(10)17(22)23/h1-8H,9H2,(H,22,23). The fraction of sp³-hybridized carbons (Fsp3) is 0.0588. The molecular weight excluding hydrogens is 337 g/mol. The van der Waals surface area contributed by atoms with Crippen LogP contribution in [0.3, 0.4) is 0 Å². The Kier molecular flexibility index (Phi) is 4.11. The lowest BCUT2D eigenvalue weighted by molar-refractivity contribution is 0.0695. The summed E-state index contributed by atoms with van der Waals surface area (Å²) in [6.45, 7) is 0.164. The first-order chi connectivity index (χ1) is 11.0. The van der Waals surface area contributed by atoms with Crippen molar-refractivity contribution in [2.45, 2.75) is 6.54 Å². The van der Waals surface area contributed by atoms with Crippen molar-refractivity contribution in [3.8, 4) is 0 Å². The minimum atomic E-state index is -1.02. The zero-order valence-corrected chi connectivity index (χ0v) is 13.3. The van der Waals surface area contributed by atoms with Crippen LogP contribution in [0.15, 0.2) is 53.5 Å². The molecule has 0 aliphatic heterocycles. The second-order valence-corrected chi connectivity index (χ2v) is 5.82. The summed E-state index contributed by atoms with van der Waals surface area (Å²) in [6, 6.07) is 11.5. The van der Waals surface area contributed by atoms with Crippen molar-refractivity contribution in [1.82, 2.24) is 4.57 Å². The van der Waals surface area contributed by atoms with E-state index in [0.29, 0.717) is 26.4 Å². The number of hydrogen-bond acceptors (Lipinski definition) is 2. The van der Waals surface area contributed by atoms with Gasteiger partial charge in [-0.1, -0.05) is 41.4 Å². The van der Waals surface area contributed by atoms with Crippen molar-refractivity contribution in [2.75, 3.05) is 0 Å². The Morgan fingerprint density at radius 1 is 1.04 bits per heavy atom. The van der Waals surface area contributed by atoms with Crippen molar-refractivity contribution in [3.63, 3.8) is 0 Å². The van der Waals surface area contributed by atoms with E-state index >= 15 is 0 Å². The molecule has 116 valence electrons. The van der Waals surface area contributed by atoms with Gasteiger partial charge in [0.25, 0.3) is 5.56 Å². The molecule has 23 heavy (non-hydrogen) atoms. The molecule has 6 heteroatoms. The molecule has 1 heterocycles. The number of benzene rings is 2. The number of fused-ring (bicyclic) bond motifs is 1. The van der Waals surface area contributed by atoms with Crippen LogP contribution in [-0.2, 0) is 6.54 Å². The third-order valence-corrected chi connectivity index (χ3v) is 4.45. The molecule has 2 aromatic carbocycles. The van der Waals surface area contributed by atoms with Gasteiger partial charge in [-0.15, -0.1) is 0 Å². The van der Waals surface area contributed by atoms with E-state index in [9.17, 15) is 14.7 Å². The van der Waals surface area contributed by atoms with Gasteiger partial charge in [-0.2, -0.15) is 0 Å². The second-order valence-electron chi connectivity index (χ2n) is 5.03. The number of halogens is 2. The SMILES string of the molecule is O=C(O)c1ccccc1Cn1ccc2c(Cl)c(Cl)ccc2c1=O. The van der Waals surface area contributed by atoms with E-state index in [-0.39, 0.29) is 17.7 Å². The lowest BCUT2D eigenvalue weighted by Gasteiger charge is -2.10. The molecule has 0 saturated heterocycles. The number of carbonyl (C=O) groups is 1. The van der Waals surface area contributed by atoms with Crippen LogP contribution in [0.5, 0.6) is 0 Å². The van der Waals surface area contributed by atoms with Crippen LogP contribution in [0.4, 0.5) is 0 Å². The Morgan fingerprint density at radius 3 is 2.52 bits per heavy atom. The van der Waals surface area contributed by atoms with Crippen LogP contribution in [0.1, 0.15) is 15.9 Å². The number of aromatic nitrogens is 1. The first kappa shape index (κ1) is 15.6. The molecule has 0 radical (unpaired) electrons. The van der Waals surface area contributed by atoms with Crippen molar-refractivity contribution in [1.29, 1.82) is 0 Å². The molecule has 0 fully saturated rings. The first-order valence-corrected chi connectivity index (χ1v) is 7.53. The summed E-state index contributed by atoms with van der Waals surface area (Å²) in [5, 5.41) is 11.0. The molecule has 0 saturated carbocycles. The summed E-state index contributed by atoms with van der Waals surface area (Å²) in [6.07, 6.45) is 1.59. The van der Waals surface area contributed by atoms with E-state index in [0.717, 1.165) is 0 Å². The lowest BCUT2D eigenvalue weighted by Crippen LogP contribution is -2.21. The van der Waals surface area contributed by atoms with Crippen LogP contribution in [0.25, 0.3) is 10.8 Å². The summed E-state index contributed by atoms with van der Waals surface area (Å²) in [5.41, 5.74) is 0.483. The van der Waals surface area contributed by atoms with Crippen molar-refractivity contribution in [2.24, 2.45) is 0 Å². The summed E-state index contributed by atoms with van der Waals surface area (Å²) >= 11 is 12.1. The lowest BCUT2D eigenvalue weighted by atomic mass is 10.1. The number of nitrogens with zero attached hydrogens (tertiary/aromatic N) is 1. The van der Waals surface area contributed by atoms with Gasteiger partial charge in [-0.25, -0.2) is 4.79 Å². The van der Waals surface area contributed by atoms with Gasteiger partial charge in [-0.3, -0.25) is 4.79 Å². The Hall–Kier alpha value is -2.30. The van der Waals surface area contributed by atoms with Gasteiger partial charge in [-0.05, 0) is 29.8 Å². The number of aromatic carboxylic acids is 1. The van der Waals surface area contributed by atoms with Crippen molar-refractivity contribution in [3.05, 3.63) is 80.2 Å². The maximum absolute atomic E-state index is 12.6. The summed E-state index contributed by atoms with van der Waals surface area (Å²) in [7, 11) is 0. The molecule has 3 rings (SSSR count). The van der Waals surface area contributed by atoms with Gasteiger partial charge < -0.3 is 9.67 Å². The minimum absolute atomic E-state index is 0.164. The molecule has 0 amide bonds. The second kappa shape index (κ2) is 6.07. The van der Waals surface area contributed by atoms with E-state index in [2.05, 4.69) is 0 Å². The average molecular weight is 348 g/mol. The topological polar surface area (TPSA) is 59.3 Å². The Morgan fingerprint density at radius 2 is 1.78 bits per heavy atom. The highest BCUT2D eigenvalue weighted by Gasteiger charge is 2.12. The van der Waals surface area contributed by atoms with Crippen LogP contribution in [0.2, 0.25) is 10.0 Å². The van der Waals surface area contributed by atoms with Crippen LogP contribution in [-0.4, -0.2) is 15.6 Å². The largest absolute Gasteiger partial charge is 0.478 e. The van der Waals surface area contributed by atoms with E-state index in [1.54, 1.807) is 42.6 Å². The highest BCUT2D eigenvalue weighted by molar-refractivity contribution is 6.45. The van der Waals surface area contributed by atoms with Crippen LogP contribution >= 0.6 is 23.2 Å². The monoisotopic (exact) mass is 347 g/mol. The number of carboxylic acid groups (broad SMARTS) is 1. The quantitative estimate of drug-likeness (QED) is 0.777. The molecule has 0 atom stereocenters. The van der Waals surface area contributed by atoms with Crippen LogP contribution in [0, 0.1) is 0 Å². The third kappa shape index (κ3) is 2.83. The Labute approximate surface area is 141 Å². The number of carboxylic acids is 1. The number of hydrogen-bond donors (Lipinski definition) is 1. The normalized spacial score (nSPS) is 10.9. The molecule has 1 aromatic heterocycles. The highest BCUT2D eigenvalue weighted by atomic mass is 35.5. The van der Waals surface area contributed by atoms with Gasteiger partial charge in [0.1, 0.15) is 0 Å². The molecular formula is C17H11Cl2NO3. The third-order valence-electron chi connectivity index (χ3n) is 3.63. The molecule has 3 aromatic rings. The maximum atomic E-state index is 12.6. The van der Waals surface area contributed by atoms with E-state index in [1.807, 2.05) is 0 Å². The molecule has 1 N–H and O–H groups in total. The van der Waals surface area contributed by atoms with Gasteiger partial charge in [0.2, 0.25) is 0 Å². The Balaban J connectivity index is 2.13. The van der Waals surface area contributed by atoms with Gasteiger partial charge >= 0.3 is 5.97 Å². The Bertz CT molecular complexity index is 979. The van der Waals surface area contributed by atoms with E-state index in [1.165, 1.54) is 10.6 Å². The molecule has 0 bridgehead atoms. The first-order valence-electron chi connectivity index (χ1n) is 6.77. The number of rotatable bonds is 3. The predicted octanol–water partition coefficient (Wildman–Crippen LogP) is 4.05. The van der Waals surface area contributed by atoms with E-state index < -0.39 is 5.97 Å². The van der Waals surface area contributed by atoms with Gasteiger partial charge in [0.15, 0.2) is 0 Å². The fourth-order valence-corrected chi connectivity index (χ4v) is 2.87. The maximum Gasteiger partial charge on any atom is 0.336 e. The zero-order valence-electron chi connectivity index (χ0n) is 11.8. The highest BCUT2D eigenvalue weighted by Crippen LogP contribution is 2.29. The molecule has 0 spiro atoms. The average Bonchev–Trinajstić information content (AvgIpc) is 2.54. The van der Waals surface area contributed by atoms with Crippen molar-refractivity contribution < 1.29 is 9.90 Å². The van der Waals surface area contributed by atoms with E-state index in [4.69, 9.17) is 23.2 Å². The summed E-state index contributed by atoms with van der Waals surface area (Å²) in [4.78, 5) is 23.9. The molecule has 4 nitrogen and oxygen atoms in total. The van der Waals surface area contributed by atoms with Crippen LogP contribution < -0.4 is 5.56 Å². The van der Waals surface area contributed by atoms with Gasteiger partial charge in [0, 0.05) is 17.0 Å². The molecule has 0 aliphatic rings. The van der Waals surface area contributed by atoms with Crippen molar-refractivity contribution >= 4 is 39.9 Å². The minimum Gasteiger partial charge on any atom is -0.478 e.